The fourth-order valence-electron chi connectivity index (χ4n) is 0.442. The summed E-state index contributed by atoms with van der Waals surface area (Å²) in [4.78, 5) is 10.7. The fourth-order valence-corrected chi connectivity index (χ4v) is 0.442. The molecule has 0 aromatic rings. The first-order valence-electron chi connectivity index (χ1n) is 3.20. The molecule has 0 bridgehead atoms. The molecule has 0 aliphatic rings. The molecule has 2 N–H and O–H groups in total. The van der Waals surface area contributed by atoms with Gasteiger partial charge >= 0.3 is 6.03 Å². The third-order valence-corrected chi connectivity index (χ3v) is 0.906. The maximum absolute atomic E-state index is 10.7. The van der Waals surface area contributed by atoms with E-state index in [0.29, 0.717) is 13.0 Å². The Kier molecular flexibility index (Phi) is 5.56. The van der Waals surface area contributed by atoms with Crippen molar-refractivity contribution in [2.24, 2.45) is 0 Å². The molecule has 0 unspecified atom stereocenters. The van der Waals surface area contributed by atoms with E-state index in [1.165, 1.54) is 0 Å². The van der Waals surface area contributed by atoms with Crippen LogP contribution in [0.25, 0.3) is 0 Å². The van der Waals surface area contributed by atoms with Gasteiger partial charge in [0.05, 0.1) is 6.54 Å². The average Bonchev–Trinajstić information content (AvgIpc) is 2.01. The molecule has 0 atom stereocenters. The number of carbonyl (C=O) groups excluding carboxylic acids is 1. The van der Waals surface area contributed by atoms with Gasteiger partial charge in [0.1, 0.15) is 0 Å². The van der Waals surface area contributed by atoms with Crippen molar-refractivity contribution >= 4 is 6.03 Å². The van der Waals surface area contributed by atoms with Gasteiger partial charge in [-0.2, -0.15) is 0 Å². The van der Waals surface area contributed by atoms with E-state index in [0.717, 1.165) is 0 Å². The van der Waals surface area contributed by atoms with Crippen LogP contribution >= 0.6 is 0 Å². The molecule has 0 spiro atoms. The van der Waals surface area contributed by atoms with Crippen molar-refractivity contribution in [1.82, 2.24) is 10.6 Å². The Balaban J connectivity index is 3.26. The van der Waals surface area contributed by atoms with Crippen LogP contribution < -0.4 is 10.6 Å². The molecule has 0 aliphatic heterocycles. The van der Waals surface area contributed by atoms with Crippen LogP contribution in [0.4, 0.5) is 4.79 Å². The van der Waals surface area contributed by atoms with E-state index in [4.69, 9.17) is 12.8 Å². The number of carbonyl (C=O) groups is 1. The van der Waals surface area contributed by atoms with E-state index in [9.17, 15) is 4.79 Å². The van der Waals surface area contributed by atoms with Crippen LogP contribution in [-0.4, -0.2) is 19.1 Å². The number of urea groups is 1. The summed E-state index contributed by atoms with van der Waals surface area (Å²) in [6.45, 7) is 0.717. The molecule has 0 rings (SSSR count). The highest BCUT2D eigenvalue weighted by atomic mass is 16.2. The molecule has 3 heteroatoms. The van der Waals surface area contributed by atoms with Gasteiger partial charge in [-0.25, -0.2) is 4.79 Å². The Labute approximate surface area is 66.6 Å². The van der Waals surface area contributed by atoms with Crippen molar-refractivity contribution in [1.29, 1.82) is 0 Å². The Morgan fingerprint density at radius 3 is 2.55 bits per heavy atom. The number of hydrogen-bond donors (Lipinski definition) is 2. The second kappa shape index (κ2) is 6.51. The summed E-state index contributed by atoms with van der Waals surface area (Å²) in [5.74, 6) is 4.67. The van der Waals surface area contributed by atoms with Gasteiger partial charge in [0.25, 0.3) is 0 Å². The third-order valence-electron chi connectivity index (χ3n) is 0.906. The van der Waals surface area contributed by atoms with Crippen molar-refractivity contribution in [2.75, 3.05) is 13.1 Å². The van der Waals surface area contributed by atoms with Crippen molar-refractivity contribution in [3.63, 3.8) is 0 Å². The van der Waals surface area contributed by atoms with Crippen LogP contribution in [0.15, 0.2) is 0 Å². The maximum atomic E-state index is 10.7. The van der Waals surface area contributed by atoms with Crippen LogP contribution in [0.3, 0.4) is 0 Å². The van der Waals surface area contributed by atoms with Crippen molar-refractivity contribution in [3.05, 3.63) is 0 Å². The summed E-state index contributed by atoms with van der Waals surface area (Å²) in [5.41, 5.74) is 0. The Bertz CT molecular complexity index is 197. The molecular weight excluding hydrogens is 140 g/mol. The molecule has 0 heterocycles. The normalized spacial score (nSPS) is 7.45. The predicted molar refractivity (Wildman–Crippen MR) is 43.7 cm³/mol. The lowest BCUT2D eigenvalue weighted by Gasteiger charge is -2.01. The number of amides is 2. The molecule has 0 radical (unpaired) electrons. The molecule has 0 aromatic carbocycles. The van der Waals surface area contributed by atoms with Crippen molar-refractivity contribution < 1.29 is 4.79 Å². The van der Waals surface area contributed by atoms with E-state index in [1.54, 1.807) is 0 Å². The van der Waals surface area contributed by atoms with E-state index in [-0.39, 0.29) is 12.6 Å². The van der Waals surface area contributed by atoms with E-state index in [2.05, 4.69) is 22.5 Å². The molecule has 0 aromatic heterocycles. The van der Waals surface area contributed by atoms with Gasteiger partial charge in [0, 0.05) is 13.0 Å². The summed E-state index contributed by atoms with van der Waals surface area (Å²) < 4.78 is 0. The Morgan fingerprint density at radius 1 is 1.27 bits per heavy atom. The quantitative estimate of drug-likeness (QED) is 0.429. The lowest BCUT2D eigenvalue weighted by Crippen LogP contribution is -2.35. The zero-order chi connectivity index (χ0) is 8.53. The summed E-state index contributed by atoms with van der Waals surface area (Å²) in [6.07, 6.45) is 10.4. The topological polar surface area (TPSA) is 41.1 Å². The molecule has 2 amide bonds. The van der Waals surface area contributed by atoms with Gasteiger partial charge in [-0.15, -0.1) is 18.8 Å². The van der Waals surface area contributed by atoms with Gasteiger partial charge in [-0.05, 0) is 0 Å². The zero-order valence-corrected chi connectivity index (χ0v) is 6.18. The highest BCUT2D eigenvalue weighted by molar-refractivity contribution is 5.74. The summed E-state index contributed by atoms with van der Waals surface area (Å²) in [6, 6.07) is -0.279. The maximum Gasteiger partial charge on any atom is 0.315 e. The largest absolute Gasteiger partial charge is 0.337 e. The van der Waals surface area contributed by atoms with E-state index in [1.807, 2.05) is 0 Å². The minimum absolute atomic E-state index is 0.238. The summed E-state index contributed by atoms with van der Waals surface area (Å²) in [7, 11) is 0. The third kappa shape index (κ3) is 6.27. The van der Waals surface area contributed by atoms with Gasteiger partial charge in [-0.3, -0.25) is 0 Å². The first-order chi connectivity index (χ1) is 5.31. The van der Waals surface area contributed by atoms with Gasteiger partial charge in [0.15, 0.2) is 0 Å². The first kappa shape index (κ1) is 9.39. The van der Waals surface area contributed by atoms with Crippen LogP contribution in [-0.2, 0) is 0 Å². The van der Waals surface area contributed by atoms with Crippen LogP contribution in [0.5, 0.6) is 0 Å². The number of hydrogen-bond acceptors (Lipinski definition) is 1. The zero-order valence-electron chi connectivity index (χ0n) is 6.18. The molecule has 0 fully saturated rings. The minimum Gasteiger partial charge on any atom is -0.337 e. The monoisotopic (exact) mass is 150 g/mol. The predicted octanol–water partition coefficient (Wildman–Crippen LogP) is -0.0579. The highest BCUT2D eigenvalue weighted by Crippen LogP contribution is 1.70. The molecular formula is C8H10N2O. The summed E-state index contributed by atoms with van der Waals surface area (Å²) in [5, 5.41) is 4.97. The Hall–Kier alpha value is -1.61. The summed E-state index contributed by atoms with van der Waals surface area (Å²) >= 11 is 0. The molecule has 58 valence electrons. The van der Waals surface area contributed by atoms with Gasteiger partial charge < -0.3 is 10.6 Å². The van der Waals surface area contributed by atoms with Crippen LogP contribution in [0.1, 0.15) is 6.42 Å². The van der Waals surface area contributed by atoms with Gasteiger partial charge in [-0.1, -0.05) is 5.92 Å². The highest BCUT2D eigenvalue weighted by Gasteiger charge is 1.93. The average molecular weight is 150 g/mol. The first-order valence-corrected chi connectivity index (χ1v) is 3.20. The number of terminal acetylenes is 2. The second-order valence-electron chi connectivity index (χ2n) is 1.77. The number of rotatable bonds is 3. The lowest BCUT2D eigenvalue weighted by molar-refractivity contribution is 0.242. The molecule has 3 nitrogen and oxygen atoms in total. The SMILES string of the molecule is C#CCCNC(=O)NCC#C. The molecule has 11 heavy (non-hydrogen) atoms. The molecule has 0 aliphatic carbocycles. The smallest absolute Gasteiger partial charge is 0.315 e. The second-order valence-corrected chi connectivity index (χ2v) is 1.77. The lowest BCUT2D eigenvalue weighted by atomic mass is 10.4. The standard InChI is InChI=1S/C8H10N2O/c1-3-5-7-10-8(11)9-6-4-2/h1-2H,5-7H2,(H2,9,10,11). The fraction of sp³-hybridized carbons (Fsp3) is 0.375. The van der Waals surface area contributed by atoms with Crippen LogP contribution in [0.2, 0.25) is 0 Å². The van der Waals surface area contributed by atoms with Crippen molar-refractivity contribution in [2.45, 2.75) is 6.42 Å². The van der Waals surface area contributed by atoms with Gasteiger partial charge in [0.2, 0.25) is 0 Å². The van der Waals surface area contributed by atoms with E-state index >= 15 is 0 Å². The Morgan fingerprint density at radius 2 is 2.00 bits per heavy atom. The minimum atomic E-state index is -0.279. The van der Waals surface area contributed by atoms with E-state index < -0.39 is 0 Å². The molecule has 0 saturated heterocycles. The molecule has 0 saturated carbocycles. The number of nitrogens with one attached hydrogen (secondary N) is 2. The van der Waals surface area contributed by atoms with Crippen molar-refractivity contribution in [3.8, 4) is 24.7 Å². The van der Waals surface area contributed by atoms with Crippen LogP contribution in [0, 0.1) is 24.7 Å².